The molecular formula is C8H17F2NO. The van der Waals surface area contributed by atoms with Gasteiger partial charge in [-0.15, -0.1) is 0 Å². The number of nitrogens with zero attached hydrogens (tertiary/aromatic N) is 1. The maximum atomic E-state index is 11.0. The molecule has 0 saturated heterocycles. The highest BCUT2D eigenvalue weighted by atomic mass is 20.0. The summed E-state index contributed by atoms with van der Waals surface area (Å²) < 4.78 is 16.0. The number of rotatable bonds is 2. The Labute approximate surface area is 72.4 Å². The van der Waals surface area contributed by atoms with Crippen LogP contribution in [-0.2, 0) is 4.79 Å². The van der Waals surface area contributed by atoms with Crippen molar-refractivity contribution < 1.29 is 13.9 Å². The van der Waals surface area contributed by atoms with Gasteiger partial charge < -0.3 is 4.90 Å². The van der Waals surface area contributed by atoms with E-state index in [1.165, 1.54) is 0 Å². The molecule has 0 bridgehead atoms. The molecule has 0 atom stereocenters. The zero-order valence-electron chi connectivity index (χ0n) is 8.27. The monoisotopic (exact) mass is 181 g/mol. The molecular weight excluding hydrogens is 164 g/mol. The average Bonchev–Trinajstić information content (AvgIpc) is 1.88. The van der Waals surface area contributed by atoms with Gasteiger partial charge in [-0.3, -0.25) is 4.79 Å². The topological polar surface area (TPSA) is 20.3 Å². The van der Waals surface area contributed by atoms with Crippen LogP contribution in [0.4, 0.5) is 9.15 Å². The third-order valence-electron chi connectivity index (χ3n) is 1.48. The van der Waals surface area contributed by atoms with Crippen molar-refractivity contribution in [2.75, 3.05) is 0 Å². The number of hydrogen-bond acceptors (Lipinski definition) is 1. The molecule has 0 saturated carbocycles. The van der Waals surface area contributed by atoms with Crippen molar-refractivity contribution >= 4 is 5.91 Å². The molecule has 1 amide bonds. The van der Waals surface area contributed by atoms with Crippen LogP contribution in [-0.4, -0.2) is 22.9 Å². The summed E-state index contributed by atoms with van der Waals surface area (Å²) >= 11 is 0. The van der Waals surface area contributed by atoms with Crippen molar-refractivity contribution in [2.24, 2.45) is 0 Å². The van der Waals surface area contributed by atoms with E-state index in [4.69, 9.17) is 9.15 Å². The second kappa shape index (κ2) is 7.00. The molecule has 0 N–H and O–H groups in total. The molecule has 0 unspecified atom stereocenters. The number of carbonyl (C=O) groups is 1. The van der Waals surface area contributed by atoms with E-state index in [0.29, 0.717) is 12.1 Å². The second-order valence-electron chi connectivity index (χ2n) is 3.11. The van der Waals surface area contributed by atoms with Crippen LogP contribution >= 0.6 is 0 Å². The van der Waals surface area contributed by atoms with Gasteiger partial charge in [0.15, 0.2) is 0 Å². The fourth-order valence-corrected chi connectivity index (χ4v) is 1.32. The number of carbonyl (C=O) groups excluding carboxylic acids is 1. The van der Waals surface area contributed by atoms with Crippen molar-refractivity contribution in [3.63, 3.8) is 0 Å². The normalized spacial score (nSPS) is 9.42. The van der Waals surface area contributed by atoms with E-state index in [1.54, 1.807) is 6.92 Å². The molecule has 0 aliphatic carbocycles. The van der Waals surface area contributed by atoms with Crippen LogP contribution < -0.4 is 0 Å². The van der Waals surface area contributed by atoms with E-state index in [1.807, 2.05) is 32.6 Å². The number of amides is 1. The summed E-state index contributed by atoms with van der Waals surface area (Å²) in [5, 5.41) is 0. The van der Waals surface area contributed by atoms with Crippen LogP contribution in [0.3, 0.4) is 0 Å². The Kier molecular flexibility index (Phi) is 8.11. The lowest BCUT2D eigenvalue weighted by Crippen LogP contribution is -2.40. The molecule has 0 heterocycles. The van der Waals surface area contributed by atoms with Crippen molar-refractivity contribution in [1.82, 2.24) is 4.90 Å². The van der Waals surface area contributed by atoms with Gasteiger partial charge in [-0.05, 0) is 27.7 Å². The van der Waals surface area contributed by atoms with Crippen LogP contribution in [0.2, 0.25) is 0 Å². The minimum atomic E-state index is 0.157. The molecule has 12 heavy (non-hydrogen) atoms. The lowest BCUT2D eigenvalue weighted by Gasteiger charge is -2.29. The molecule has 0 fully saturated rings. The van der Waals surface area contributed by atoms with Gasteiger partial charge in [-0.1, -0.05) is 0 Å². The molecule has 0 aliphatic heterocycles. The van der Waals surface area contributed by atoms with Crippen LogP contribution in [0.15, 0.2) is 0 Å². The van der Waals surface area contributed by atoms with Crippen molar-refractivity contribution in [3.05, 3.63) is 0 Å². The van der Waals surface area contributed by atoms with Gasteiger partial charge in [0, 0.05) is 28.2 Å². The molecule has 0 aromatic heterocycles. The Morgan fingerprint density at radius 2 is 1.33 bits per heavy atom. The van der Waals surface area contributed by atoms with Crippen LogP contribution in [0.1, 0.15) is 34.6 Å². The van der Waals surface area contributed by atoms with Gasteiger partial charge in [0.25, 0.3) is 0 Å². The van der Waals surface area contributed by atoms with Crippen molar-refractivity contribution in [3.8, 4) is 0 Å². The summed E-state index contributed by atoms with van der Waals surface area (Å²) in [6.45, 7) is 9.73. The Balaban J connectivity index is 0. The molecule has 0 spiro atoms. The van der Waals surface area contributed by atoms with Crippen molar-refractivity contribution in [2.45, 2.75) is 46.7 Å². The van der Waals surface area contributed by atoms with Gasteiger partial charge in [0.2, 0.25) is 5.91 Å². The predicted molar refractivity (Wildman–Crippen MR) is 45.0 cm³/mol. The lowest BCUT2D eigenvalue weighted by atomic mass is 10.2. The summed E-state index contributed by atoms with van der Waals surface area (Å²) in [5.41, 5.74) is 0. The third-order valence-corrected chi connectivity index (χ3v) is 1.48. The second-order valence-corrected chi connectivity index (χ2v) is 3.11. The van der Waals surface area contributed by atoms with Gasteiger partial charge in [0.1, 0.15) is 0 Å². The van der Waals surface area contributed by atoms with E-state index in [-0.39, 0.29) is 5.91 Å². The SMILES string of the molecule is CC(=O)N(C(C)C)C(C)C.FF. The van der Waals surface area contributed by atoms with E-state index < -0.39 is 0 Å². The maximum Gasteiger partial charge on any atom is 0.219 e. The summed E-state index contributed by atoms with van der Waals surface area (Å²) in [6.07, 6.45) is 0. The minimum Gasteiger partial charge on any atom is -0.338 e. The molecule has 0 aromatic rings. The largest absolute Gasteiger partial charge is 0.338 e. The summed E-state index contributed by atoms with van der Waals surface area (Å²) in [5.74, 6) is 0.157. The van der Waals surface area contributed by atoms with Gasteiger partial charge in [0.05, 0.1) is 0 Å². The summed E-state index contributed by atoms with van der Waals surface area (Å²) in [4.78, 5) is 12.8. The Bertz CT molecular complexity index is 118. The molecule has 2 nitrogen and oxygen atoms in total. The third kappa shape index (κ3) is 5.04. The zero-order valence-corrected chi connectivity index (χ0v) is 8.27. The fourth-order valence-electron chi connectivity index (χ4n) is 1.32. The molecule has 0 rings (SSSR count). The smallest absolute Gasteiger partial charge is 0.219 e. The predicted octanol–water partition coefficient (Wildman–Crippen LogP) is 2.49. The van der Waals surface area contributed by atoms with Crippen molar-refractivity contribution in [1.29, 1.82) is 0 Å². The molecule has 0 aliphatic rings. The van der Waals surface area contributed by atoms with Gasteiger partial charge in [-0.25, -0.2) is 0 Å². The lowest BCUT2D eigenvalue weighted by molar-refractivity contribution is -0.132. The number of halogens is 2. The van der Waals surface area contributed by atoms with E-state index in [0.717, 1.165) is 0 Å². The quantitative estimate of drug-likeness (QED) is 0.641. The first-order chi connectivity index (χ1) is 5.46. The van der Waals surface area contributed by atoms with E-state index in [9.17, 15) is 4.79 Å². The first-order valence-electron chi connectivity index (χ1n) is 3.90. The highest BCUT2D eigenvalue weighted by Gasteiger charge is 2.14. The maximum absolute atomic E-state index is 11.0. The molecule has 4 heteroatoms. The standard InChI is InChI=1S/C8H17NO.F2/c1-6(2)9(7(3)4)8(5)10;1-2/h6-7H,1-5H3;. The van der Waals surface area contributed by atoms with Gasteiger partial charge in [-0.2, -0.15) is 0 Å². The molecule has 0 radical (unpaired) electrons. The van der Waals surface area contributed by atoms with Gasteiger partial charge >= 0.3 is 0 Å². The summed E-state index contributed by atoms with van der Waals surface area (Å²) in [7, 11) is 0. The zero-order chi connectivity index (χ0) is 10.3. The summed E-state index contributed by atoms with van der Waals surface area (Å²) in [6, 6.07) is 0.634. The van der Waals surface area contributed by atoms with Crippen LogP contribution in [0.5, 0.6) is 0 Å². The highest BCUT2D eigenvalue weighted by molar-refractivity contribution is 5.73. The number of hydrogen-bond donors (Lipinski definition) is 0. The van der Waals surface area contributed by atoms with E-state index in [2.05, 4.69) is 0 Å². The Hall–Kier alpha value is -0.670. The Morgan fingerprint density at radius 1 is 1.08 bits per heavy atom. The average molecular weight is 181 g/mol. The Morgan fingerprint density at radius 3 is 1.33 bits per heavy atom. The molecule has 74 valence electrons. The van der Waals surface area contributed by atoms with Crippen LogP contribution in [0, 0.1) is 0 Å². The van der Waals surface area contributed by atoms with Crippen LogP contribution in [0.25, 0.3) is 0 Å². The van der Waals surface area contributed by atoms with E-state index >= 15 is 0 Å². The molecule has 0 aromatic carbocycles. The minimum absolute atomic E-state index is 0.157. The first kappa shape index (κ1) is 13.9. The highest BCUT2D eigenvalue weighted by Crippen LogP contribution is 2.04. The first-order valence-corrected chi connectivity index (χ1v) is 3.90. The fraction of sp³-hybridized carbons (Fsp3) is 0.875.